The van der Waals surface area contributed by atoms with Crippen LogP contribution in [0.1, 0.15) is 65.7 Å². The van der Waals surface area contributed by atoms with E-state index < -0.39 is 6.17 Å². The molecule has 0 saturated heterocycles. The summed E-state index contributed by atoms with van der Waals surface area (Å²) < 4.78 is 13.8. The number of halogens is 1. The lowest BCUT2D eigenvalue weighted by molar-refractivity contribution is -0.133. The van der Waals surface area contributed by atoms with E-state index in [0.717, 1.165) is 32.1 Å². The van der Waals surface area contributed by atoms with Crippen LogP contribution in [0, 0.1) is 34.5 Å². The monoisotopic (exact) mass is 304 g/mol. The van der Waals surface area contributed by atoms with Gasteiger partial charge in [0.05, 0.1) is 0 Å². The summed E-state index contributed by atoms with van der Waals surface area (Å²) in [6.07, 6.45) is 8.54. The summed E-state index contributed by atoms with van der Waals surface area (Å²) in [6.45, 7) is 6.76. The van der Waals surface area contributed by atoms with Crippen LogP contribution >= 0.6 is 0 Å². The zero-order valence-corrected chi connectivity index (χ0v) is 14.2. The molecule has 4 aliphatic carbocycles. The van der Waals surface area contributed by atoms with Crippen molar-refractivity contribution in [1.82, 2.24) is 0 Å². The van der Waals surface area contributed by atoms with E-state index in [2.05, 4.69) is 26.8 Å². The van der Waals surface area contributed by atoms with E-state index in [9.17, 15) is 9.18 Å². The summed E-state index contributed by atoms with van der Waals surface area (Å²) in [7, 11) is 0. The van der Waals surface area contributed by atoms with Gasteiger partial charge in [0.15, 0.2) is 0 Å². The van der Waals surface area contributed by atoms with Gasteiger partial charge in [-0.2, -0.15) is 0 Å². The summed E-state index contributed by atoms with van der Waals surface area (Å²) in [4.78, 5) is 12.7. The molecule has 4 aliphatic rings. The number of carbonyl (C=O) groups excluding carboxylic acids is 1. The second kappa shape index (κ2) is 4.68. The Balaban J connectivity index is 1.70. The van der Waals surface area contributed by atoms with Crippen molar-refractivity contribution in [3.63, 3.8) is 0 Å². The Morgan fingerprint density at radius 3 is 2.64 bits per heavy atom. The molecular weight excluding hydrogens is 275 g/mol. The first-order valence-electron chi connectivity index (χ1n) is 9.24. The van der Waals surface area contributed by atoms with Crippen molar-refractivity contribution in [3.8, 4) is 0 Å². The van der Waals surface area contributed by atoms with Gasteiger partial charge in [0.1, 0.15) is 12.0 Å². The third-order valence-corrected chi connectivity index (χ3v) is 8.05. The van der Waals surface area contributed by atoms with Gasteiger partial charge < -0.3 is 0 Å². The first-order chi connectivity index (χ1) is 10.4. The average Bonchev–Trinajstić information content (AvgIpc) is 2.72. The van der Waals surface area contributed by atoms with Crippen molar-refractivity contribution < 1.29 is 9.18 Å². The van der Waals surface area contributed by atoms with Crippen molar-refractivity contribution in [1.29, 1.82) is 0 Å². The van der Waals surface area contributed by atoms with Crippen LogP contribution in [0.2, 0.25) is 0 Å². The van der Waals surface area contributed by atoms with Gasteiger partial charge in [-0.05, 0) is 61.7 Å². The molecule has 0 heterocycles. The van der Waals surface area contributed by atoms with Crippen molar-refractivity contribution in [2.75, 3.05) is 0 Å². The quantitative estimate of drug-likeness (QED) is 0.569. The number of hydrogen-bond donors (Lipinski definition) is 0. The topological polar surface area (TPSA) is 17.1 Å². The molecule has 3 saturated carbocycles. The van der Waals surface area contributed by atoms with Gasteiger partial charge in [-0.25, -0.2) is 4.39 Å². The maximum atomic E-state index is 13.8. The second-order valence-electron chi connectivity index (χ2n) is 9.06. The van der Waals surface area contributed by atoms with Crippen LogP contribution in [0.5, 0.6) is 0 Å². The Hall–Kier alpha value is -0.660. The number of ketones is 1. The van der Waals surface area contributed by atoms with E-state index in [4.69, 9.17) is 0 Å². The maximum absolute atomic E-state index is 13.8. The van der Waals surface area contributed by atoms with Gasteiger partial charge in [0, 0.05) is 17.8 Å². The molecule has 0 aromatic carbocycles. The van der Waals surface area contributed by atoms with Gasteiger partial charge in [0.2, 0.25) is 0 Å². The van der Waals surface area contributed by atoms with Crippen molar-refractivity contribution in [3.05, 3.63) is 11.6 Å². The van der Waals surface area contributed by atoms with E-state index in [1.807, 2.05) is 0 Å². The van der Waals surface area contributed by atoms with Crippen LogP contribution in [0.15, 0.2) is 11.6 Å². The standard InChI is InChI=1S/C20H29FO/c1-12-10-17-15-5-4-13-11-14(21)6-8-19(13,2)16(15)7-9-20(17,3)18(12)22/h4,12,14-17H,5-11H2,1-3H3/t12-,14?,15+,16-,17-,19-,20-/m0/s1. The molecule has 4 rings (SSSR count). The molecule has 1 unspecified atom stereocenters. The number of allylic oxidation sites excluding steroid dienone is 2. The average molecular weight is 304 g/mol. The molecular formula is C20H29FO. The van der Waals surface area contributed by atoms with Gasteiger partial charge in [-0.15, -0.1) is 0 Å². The molecule has 22 heavy (non-hydrogen) atoms. The summed E-state index contributed by atoms with van der Waals surface area (Å²) in [5.74, 6) is 2.65. The number of alkyl halides is 1. The third-order valence-electron chi connectivity index (χ3n) is 8.05. The first-order valence-corrected chi connectivity index (χ1v) is 9.24. The van der Waals surface area contributed by atoms with Crippen LogP contribution in [0.4, 0.5) is 4.39 Å². The number of carbonyl (C=O) groups is 1. The highest BCUT2D eigenvalue weighted by Crippen LogP contribution is 2.64. The Bertz CT molecular complexity index is 538. The number of Topliss-reactive ketones (excluding diaryl/α,β-unsaturated/α-hetero) is 1. The Kier molecular flexibility index (Phi) is 3.17. The SMILES string of the molecule is C[C@H]1C[C@H]2[C@@H]3CC=C4CC(F)CC[C@]4(C)[C@H]3CC[C@]2(C)C1=O. The normalized spacial score (nSPS) is 54.3. The lowest BCUT2D eigenvalue weighted by atomic mass is 9.48. The van der Waals surface area contributed by atoms with Crippen LogP contribution in [0.3, 0.4) is 0 Å². The fraction of sp³-hybridized carbons (Fsp3) is 0.850. The molecule has 122 valence electrons. The molecule has 2 heteroatoms. The van der Waals surface area contributed by atoms with Crippen LogP contribution < -0.4 is 0 Å². The lowest BCUT2D eigenvalue weighted by Gasteiger charge is -2.56. The summed E-state index contributed by atoms with van der Waals surface area (Å²) in [5.41, 5.74) is 1.54. The molecule has 0 aromatic rings. The molecule has 0 aliphatic heterocycles. The van der Waals surface area contributed by atoms with Gasteiger partial charge >= 0.3 is 0 Å². The zero-order chi connectivity index (χ0) is 15.7. The van der Waals surface area contributed by atoms with E-state index in [0.29, 0.717) is 30.0 Å². The molecule has 1 nitrogen and oxygen atoms in total. The van der Waals surface area contributed by atoms with Crippen molar-refractivity contribution in [2.45, 2.75) is 71.9 Å². The van der Waals surface area contributed by atoms with Crippen molar-refractivity contribution in [2.24, 2.45) is 34.5 Å². The molecule has 0 radical (unpaired) electrons. The Labute approximate surface area is 133 Å². The highest BCUT2D eigenvalue weighted by atomic mass is 19.1. The smallest absolute Gasteiger partial charge is 0.141 e. The minimum Gasteiger partial charge on any atom is -0.299 e. The Morgan fingerprint density at radius 2 is 1.86 bits per heavy atom. The summed E-state index contributed by atoms with van der Waals surface area (Å²) >= 11 is 0. The van der Waals surface area contributed by atoms with Gasteiger partial charge in [-0.3, -0.25) is 4.79 Å². The second-order valence-corrected chi connectivity index (χ2v) is 9.06. The predicted molar refractivity (Wildman–Crippen MR) is 86.2 cm³/mol. The molecule has 3 fully saturated rings. The largest absolute Gasteiger partial charge is 0.299 e. The maximum Gasteiger partial charge on any atom is 0.141 e. The van der Waals surface area contributed by atoms with E-state index >= 15 is 0 Å². The molecule has 0 aromatic heterocycles. The van der Waals surface area contributed by atoms with Gasteiger partial charge in [0.25, 0.3) is 0 Å². The number of hydrogen-bond acceptors (Lipinski definition) is 1. The van der Waals surface area contributed by atoms with E-state index in [-0.39, 0.29) is 16.7 Å². The molecule has 0 N–H and O–H groups in total. The summed E-state index contributed by atoms with van der Waals surface area (Å²) in [6, 6.07) is 0. The fourth-order valence-electron chi connectivity index (χ4n) is 6.73. The molecule has 7 atom stereocenters. The molecule has 0 bridgehead atoms. The number of fused-ring (bicyclic) bond motifs is 5. The Morgan fingerprint density at radius 1 is 1.14 bits per heavy atom. The highest BCUT2D eigenvalue weighted by molar-refractivity contribution is 5.89. The van der Waals surface area contributed by atoms with Crippen molar-refractivity contribution >= 4 is 5.78 Å². The predicted octanol–water partition coefficient (Wildman–Crippen LogP) is 5.10. The van der Waals surface area contributed by atoms with E-state index in [1.165, 1.54) is 12.0 Å². The van der Waals surface area contributed by atoms with Crippen LogP contribution in [-0.2, 0) is 4.79 Å². The van der Waals surface area contributed by atoms with Crippen LogP contribution in [0.25, 0.3) is 0 Å². The van der Waals surface area contributed by atoms with Gasteiger partial charge in [-0.1, -0.05) is 32.4 Å². The lowest BCUT2D eigenvalue weighted by Crippen LogP contribution is -2.50. The summed E-state index contributed by atoms with van der Waals surface area (Å²) in [5, 5.41) is 0. The highest BCUT2D eigenvalue weighted by Gasteiger charge is 2.60. The first kappa shape index (κ1) is 14.9. The fourth-order valence-corrected chi connectivity index (χ4v) is 6.73. The van der Waals surface area contributed by atoms with Crippen LogP contribution in [-0.4, -0.2) is 12.0 Å². The molecule has 0 spiro atoms. The third kappa shape index (κ3) is 1.79. The molecule has 0 amide bonds. The zero-order valence-electron chi connectivity index (χ0n) is 14.2. The van der Waals surface area contributed by atoms with E-state index in [1.54, 1.807) is 0 Å². The number of rotatable bonds is 0. The minimum atomic E-state index is -0.627. The minimum absolute atomic E-state index is 0.0699.